The second-order valence-corrected chi connectivity index (χ2v) is 7.96. The molecular weight excluding hydrogens is 410 g/mol. The number of rotatable bonds is 10. The highest BCUT2D eigenvalue weighted by Gasteiger charge is 2.16. The highest BCUT2D eigenvalue weighted by molar-refractivity contribution is 7.99. The van der Waals surface area contributed by atoms with Crippen LogP contribution in [-0.2, 0) is 4.79 Å². The number of nitrogens with two attached hydrogens (primary N) is 1. The zero-order valence-corrected chi connectivity index (χ0v) is 19.1. The molecule has 0 saturated carbocycles. The Bertz CT molecular complexity index is 1000. The topological polar surface area (TPSA) is 88.2 Å². The molecule has 0 aromatic heterocycles. The van der Waals surface area contributed by atoms with E-state index in [1.807, 2.05) is 43.3 Å². The van der Waals surface area contributed by atoms with E-state index in [1.165, 1.54) is 11.1 Å². The number of ether oxygens (including phenoxy) is 1. The van der Waals surface area contributed by atoms with Gasteiger partial charge in [-0.1, -0.05) is 12.1 Å². The van der Waals surface area contributed by atoms with Crippen LogP contribution in [0.25, 0.3) is 11.1 Å². The Morgan fingerprint density at radius 3 is 2.65 bits per heavy atom. The summed E-state index contributed by atoms with van der Waals surface area (Å²) in [5.41, 5.74) is 11.2. The van der Waals surface area contributed by atoms with Gasteiger partial charge >= 0.3 is 0 Å². The molecule has 7 heteroatoms. The van der Waals surface area contributed by atoms with Crippen LogP contribution >= 0.6 is 11.8 Å². The maximum absolute atomic E-state index is 11.4. The standard InChI is InChI=1S/C24H29N3O3S/c1-17-5-6-18(19(13-25)14-26-2)11-21(17)23(15-27(3)16-29)22-12-20(31-10-9-28)7-8-24(22)30-4/h5-8,11-16,28H,9-10,25H2,1-4H3/b19-13?,23-15+,26-14?. The smallest absolute Gasteiger partial charge is 0.213 e. The van der Waals surface area contributed by atoms with Crippen molar-refractivity contribution in [2.75, 3.05) is 33.6 Å². The number of aliphatic imine (C=N–C) groups is 1. The molecule has 0 aliphatic heterocycles. The predicted octanol–water partition coefficient (Wildman–Crippen LogP) is 3.57. The third kappa shape index (κ3) is 6.23. The number of hydrogen-bond acceptors (Lipinski definition) is 6. The van der Waals surface area contributed by atoms with Crippen molar-refractivity contribution >= 4 is 35.5 Å². The molecule has 0 radical (unpaired) electrons. The molecule has 164 valence electrons. The van der Waals surface area contributed by atoms with Gasteiger partial charge in [0.1, 0.15) is 5.75 Å². The molecule has 2 aromatic rings. The van der Waals surface area contributed by atoms with E-state index in [0.717, 1.165) is 44.7 Å². The van der Waals surface area contributed by atoms with Gasteiger partial charge in [0.15, 0.2) is 0 Å². The highest BCUT2D eigenvalue weighted by atomic mass is 32.2. The van der Waals surface area contributed by atoms with E-state index in [2.05, 4.69) is 4.99 Å². The fourth-order valence-electron chi connectivity index (χ4n) is 3.11. The first kappa shape index (κ1) is 24.2. The van der Waals surface area contributed by atoms with Gasteiger partial charge < -0.3 is 20.5 Å². The molecule has 2 rings (SSSR count). The molecule has 6 nitrogen and oxygen atoms in total. The summed E-state index contributed by atoms with van der Waals surface area (Å²) in [7, 11) is 5.01. The summed E-state index contributed by atoms with van der Waals surface area (Å²) < 4.78 is 5.64. The minimum atomic E-state index is 0.0942. The van der Waals surface area contributed by atoms with Gasteiger partial charge in [0.2, 0.25) is 6.41 Å². The molecule has 0 aliphatic rings. The molecule has 1 amide bonds. The summed E-state index contributed by atoms with van der Waals surface area (Å²) in [4.78, 5) is 18.0. The molecule has 31 heavy (non-hydrogen) atoms. The second-order valence-electron chi connectivity index (χ2n) is 6.79. The van der Waals surface area contributed by atoms with Crippen molar-refractivity contribution in [3.05, 3.63) is 71.1 Å². The fraction of sp³-hybridized carbons (Fsp3) is 0.250. The van der Waals surface area contributed by atoms with Gasteiger partial charge in [0, 0.05) is 60.1 Å². The average Bonchev–Trinajstić information content (AvgIpc) is 2.80. The molecule has 0 fully saturated rings. The summed E-state index contributed by atoms with van der Waals surface area (Å²) in [6.45, 7) is 2.11. The normalized spacial score (nSPS) is 12.3. The lowest BCUT2D eigenvalue weighted by Gasteiger charge is -2.19. The van der Waals surface area contributed by atoms with Gasteiger partial charge in [0.05, 0.1) is 13.7 Å². The first-order valence-electron chi connectivity index (χ1n) is 9.75. The number of nitrogens with zero attached hydrogens (tertiary/aromatic N) is 2. The van der Waals surface area contributed by atoms with Crippen LogP contribution in [0, 0.1) is 6.92 Å². The molecule has 0 atom stereocenters. The van der Waals surface area contributed by atoms with Gasteiger partial charge in [-0.25, -0.2) is 0 Å². The van der Waals surface area contributed by atoms with Gasteiger partial charge in [0.25, 0.3) is 0 Å². The lowest BCUT2D eigenvalue weighted by molar-refractivity contribution is -0.114. The maximum atomic E-state index is 11.4. The number of thioether (sulfide) groups is 1. The number of aryl methyl sites for hydroxylation is 1. The Hall–Kier alpha value is -3.03. The van der Waals surface area contributed by atoms with Crippen molar-refractivity contribution in [2.45, 2.75) is 11.8 Å². The van der Waals surface area contributed by atoms with E-state index in [0.29, 0.717) is 11.5 Å². The van der Waals surface area contributed by atoms with E-state index < -0.39 is 0 Å². The van der Waals surface area contributed by atoms with Crippen molar-refractivity contribution in [3.63, 3.8) is 0 Å². The van der Waals surface area contributed by atoms with Crippen LogP contribution in [0.1, 0.15) is 22.3 Å². The molecule has 0 saturated heterocycles. The van der Waals surface area contributed by atoms with Crippen LogP contribution in [0.4, 0.5) is 0 Å². The Labute approximate surface area is 188 Å². The monoisotopic (exact) mass is 439 g/mol. The molecule has 0 unspecified atom stereocenters. The van der Waals surface area contributed by atoms with Crippen LogP contribution in [0.3, 0.4) is 0 Å². The van der Waals surface area contributed by atoms with Gasteiger partial charge in [-0.05, 0) is 47.9 Å². The third-order valence-electron chi connectivity index (χ3n) is 4.63. The number of carbonyl (C=O) groups is 1. The number of amides is 1. The van der Waals surface area contributed by atoms with Crippen LogP contribution in [0.2, 0.25) is 0 Å². The van der Waals surface area contributed by atoms with Crippen LogP contribution in [0.15, 0.2) is 58.7 Å². The molecule has 0 spiro atoms. The Morgan fingerprint density at radius 1 is 1.26 bits per heavy atom. The van der Waals surface area contributed by atoms with Gasteiger partial charge in [-0.2, -0.15) is 0 Å². The van der Waals surface area contributed by atoms with E-state index in [9.17, 15) is 9.90 Å². The first-order valence-corrected chi connectivity index (χ1v) is 10.7. The number of aliphatic hydroxyl groups excluding tert-OH is 1. The van der Waals surface area contributed by atoms with Crippen molar-refractivity contribution in [1.29, 1.82) is 0 Å². The summed E-state index contributed by atoms with van der Waals surface area (Å²) in [5.74, 6) is 1.28. The van der Waals surface area contributed by atoms with Crippen LogP contribution < -0.4 is 10.5 Å². The maximum Gasteiger partial charge on any atom is 0.213 e. The second kappa shape index (κ2) is 12.0. The Kier molecular flexibility index (Phi) is 9.37. The Morgan fingerprint density at radius 2 is 2.03 bits per heavy atom. The third-order valence-corrected chi connectivity index (χ3v) is 5.60. The number of hydrogen-bond donors (Lipinski definition) is 2. The van der Waals surface area contributed by atoms with Crippen molar-refractivity contribution in [2.24, 2.45) is 10.7 Å². The molecule has 2 aromatic carbocycles. The van der Waals surface area contributed by atoms with Gasteiger partial charge in [-0.15, -0.1) is 11.8 Å². The van der Waals surface area contributed by atoms with E-state index in [1.54, 1.807) is 45.4 Å². The van der Waals surface area contributed by atoms with E-state index >= 15 is 0 Å². The first-order chi connectivity index (χ1) is 15.0. The van der Waals surface area contributed by atoms with Crippen molar-refractivity contribution < 1.29 is 14.6 Å². The van der Waals surface area contributed by atoms with E-state index in [-0.39, 0.29) is 6.61 Å². The van der Waals surface area contributed by atoms with Gasteiger partial charge in [-0.3, -0.25) is 9.79 Å². The van der Waals surface area contributed by atoms with Crippen LogP contribution in [-0.4, -0.2) is 56.2 Å². The number of methoxy groups -OCH3 is 1. The van der Waals surface area contributed by atoms with Crippen molar-refractivity contribution in [1.82, 2.24) is 4.90 Å². The minimum absolute atomic E-state index is 0.0942. The lowest BCUT2D eigenvalue weighted by atomic mass is 9.91. The SMILES string of the molecule is CN=CC(=CN)c1ccc(C)c(/C(=C\N(C)C=O)c2cc(SCCO)ccc2OC)c1. The highest BCUT2D eigenvalue weighted by Crippen LogP contribution is 2.36. The number of carbonyl (C=O) groups excluding carboxylic acids is 1. The number of allylic oxidation sites excluding steroid dienone is 1. The average molecular weight is 440 g/mol. The molecule has 0 bridgehead atoms. The molecule has 0 heterocycles. The quantitative estimate of drug-likeness (QED) is 0.336. The summed E-state index contributed by atoms with van der Waals surface area (Å²) in [6.07, 6.45) is 5.78. The zero-order valence-electron chi connectivity index (χ0n) is 18.3. The lowest BCUT2D eigenvalue weighted by Crippen LogP contribution is -2.09. The molecule has 0 aliphatic carbocycles. The van der Waals surface area contributed by atoms with Crippen molar-refractivity contribution in [3.8, 4) is 5.75 Å². The number of aliphatic hydroxyl groups is 1. The fourth-order valence-corrected chi connectivity index (χ4v) is 3.81. The zero-order chi connectivity index (χ0) is 22.8. The number of benzene rings is 2. The Balaban J connectivity index is 2.75. The predicted molar refractivity (Wildman–Crippen MR) is 129 cm³/mol. The minimum Gasteiger partial charge on any atom is -0.496 e. The summed E-state index contributed by atoms with van der Waals surface area (Å²) in [5, 5.41) is 9.19. The summed E-state index contributed by atoms with van der Waals surface area (Å²) >= 11 is 1.55. The van der Waals surface area contributed by atoms with E-state index in [4.69, 9.17) is 10.5 Å². The largest absolute Gasteiger partial charge is 0.496 e. The van der Waals surface area contributed by atoms with Crippen LogP contribution in [0.5, 0.6) is 5.75 Å². The summed E-state index contributed by atoms with van der Waals surface area (Å²) in [6, 6.07) is 11.9. The molecule has 3 N–H and O–H groups in total. The molecular formula is C24H29N3O3S.